The number of aromatic hydroxyl groups is 1. The Morgan fingerprint density at radius 2 is 1.73 bits per heavy atom. The molecule has 0 radical (unpaired) electrons. The molecule has 2 rings (SSSR count). The first-order valence-corrected chi connectivity index (χ1v) is 4.85. The van der Waals surface area contributed by atoms with E-state index in [1.54, 1.807) is 6.07 Å². The Bertz CT molecular complexity index is 454. The molecule has 0 atom stereocenters. The Hall–Kier alpha value is -1.67. The van der Waals surface area contributed by atoms with Gasteiger partial charge in [-0.05, 0) is 24.3 Å². The molecule has 3 heteroatoms. The van der Waals surface area contributed by atoms with E-state index in [0.29, 0.717) is 16.5 Å². The average Bonchev–Trinajstić information content (AvgIpc) is 2.24. The number of phenolic OH excluding ortho intramolecular Hbond substituents is 1. The highest BCUT2D eigenvalue weighted by atomic mass is 35.5. The number of phenols is 1. The number of hydrogen-bond acceptors (Lipinski definition) is 2. The molecule has 0 aromatic heterocycles. The Morgan fingerprint density at radius 1 is 1.00 bits per heavy atom. The molecule has 0 saturated heterocycles. The van der Waals surface area contributed by atoms with E-state index in [4.69, 9.17) is 21.4 Å². The maximum absolute atomic E-state index is 9.16. The second kappa shape index (κ2) is 4.24. The number of benzene rings is 2. The quantitative estimate of drug-likeness (QED) is 0.833. The minimum absolute atomic E-state index is 0.125. The predicted octanol–water partition coefficient (Wildman–Crippen LogP) is 3.84. The van der Waals surface area contributed by atoms with Gasteiger partial charge in [0.15, 0.2) is 0 Å². The second-order valence-corrected chi connectivity index (χ2v) is 3.44. The van der Waals surface area contributed by atoms with E-state index in [9.17, 15) is 0 Å². The van der Waals surface area contributed by atoms with Crippen molar-refractivity contribution in [2.45, 2.75) is 0 Å². The van der Waals surface area contributed by atoms with Gasteiger partial charge >= 0.3 is 0 Å². The van der Waals surface area contributed by atoms with Crippen LogP contribution in [0, 0.1) is 0 Å². The first-order valence-electron chi connectivity index (χ1n) is 4.47. The Balaban J connectivity index is 2.25. The van der Waals surface area contributed by atoms with Gasteiger partial charge in [0.25, 0.3) is 0 Å². The molecule has 2 aromatic rings. The highest BCUT2D eigenvalue weighted by molar-refractivity contribution is 6.32. The van der Waals surface area contributed by atoms with Crippen LogP contribution >= 0.6 is 11.6 Å². The van der Waals surface area contributed by atoms with Crippen LogP contribution in [0.5, 0.6) is 17.2 Å². The van der Waals surface area contributed by atoms with Gasteiger partial charge in [-0.15, -0.1) is 0 Å². The highest BCUT2D eigenvalue weighted by Gasteiger charge is 2.03. The maximum atomic E-state index is 9.16. The standard InChI is InChI=1S/C12H9ClO2/c13-11-8-9(14)6-7-12(11)15-10-4-2-1-3-5-10/h1-8,14H. The van der Waals surface area contributed by atoms with Gasteiger partial charge in [0.1, 0.15) is 17.2 Å². The van der Waals surface area contributed by atoms with Gasteiger partial charge in [-0.25, -0.2) is 0 Å². The third-order valence-electron chi connectivity index (χ3n) is 1.89. The maximum Gasteiger partial charge on any atom is 0.146 e. The van der Waals surface area contributed by atoms with Crippen LogP contribution in [0.3, 0.4) is 0 Å². The Labute approximate surface area is 92.7 Å². The third kappa shape index (κ3) is 2.42. The molecule has 15 heavy (non-hydrogen) atoms. The Kier molecular flexibility index (Phi) is 2.79. The van der Waals surface area contributed by atoms with Crippen molar-refractivity contribution in [3.05, 3.63) is 53.6 Å². The molecule has 0 aliphatic rings. The summed E-state index contributed by atoms with van der Waals surface area (Å²) in [6, 6.07) is 13.9. The predicted molar refractivity (Wildman–Crippen MR) is 59.6 cm³/mol. The summed E-state index contributed by atoms with van der Waals surface area (Å²) in [4.78, 5) is 0. The van der Waals surface area contributed by atoms with Crippen LogP contribution in [-0.4, -0.2) is 5.11 Å². The van der Waals surface area contributed by atoms with Gasteiger partial charge < -0.3 is 9.84 Å². The van der Waals surface area contributed by atoms with Crippen LogP contribution in [0.25, 0.3) is 0 Å². The fourth-order valence-corrected chi connectivity index (χ4v) is 1.40. The average molecular weight is 221 g/mol. The van der Waals surface area contributed by atoms with Crippen molar-refractivity contribution in [1.29, 1.82) is 0 Å². The number of halogens is 1. The van der Waals surface area contributed by atoms with Crippen molar-refractivity contribution in [3.63, 3.8) is 0 Å². The number of rotatable bonds is 2. The fourth-order valence-electron chi connectivity index (χ4n) is 1.19. The summed E-state index contributed by atoms with van der Waals surface area (Å²) in [5.74, 6) is 1.37. The second-order valence-electron chi connectivity index (χ2n) is 3.03. The summed E-state index contributed by atoms with van der Waals surface area (Å²) < 4.78 is 5.52. The molecular weight excluding hydrogens is 212 g/mol. The number of para-hydroxylation sites is 1. The molecule has 1 N–H and O–H groups in total. The molecular formula is C12H9ClO2. The van der Waals surface area contributed by atoms with E-state index in [-0.39, 0.29) is 5.75 Å². The zero-order valence-electron chi connectivity index (χ0n) is 7.85. The van der Waals surface area contributed by atoms with Crippen LogP contribution < -0.4 is 4.74 Å². The minimum atomic E-state index is 0.125. The van der Waals surface area contributed by atoms with E-state index in [1.165, 1.54) is 12.1 Å². The number of ether oxygens (including phenoxy) is 1. The van der Waals surface area contributed by atoms with Gasteiger partial charge in [0.05, 0.1) is 5.02 Å². The molecule has 0 saturated carbocycles. The Morgan fingerprint density at radius 3 is 2.40 bits per heavy atom. The van der Waals surface area contributed by atoms with E-state index < -0.39 is 0 Å². The van der Waals surface area contributed by atoms with Crippen LogP contribution in [0.2, 0.25) is 5.02 Å². The molecule has 0 aliphatic heterocycles. The lowest BCUT2D eigenvalue weighted by Gasteiger charge is -2.07. The van der Waals surface area contributed by atoms with Crippen molar-refractivity contribution in [2.24, 2.45) is 0 Å². The van der Waals surface area contributed by atoms with Gasteiger partial charge in [0, 0.05) is 6.07 Å². The van der Waals surface area contributed by atoms with Crippen molar-refractivity contribution < 1.29 is 9.84 Å². The molecule has 0 heterocycles. The molecule has 2 aromatic carbocycles. The molecule has 0 unspecified atom stereocenters. The molecule has 76 valence electrons. The molecule has 2 nitrogen and oxygen atoms in total. The summed E-state index contributed by atoms with van der Waals surface area (Å²) >= 11 is 5.89. The fraction of sp³-hybridized carbons (Fsp3) is 0. The molecule has 0 aliphatic carbocycles. The lowest BCUT2D eigenvalue weighted by molar-refractivity contribution is 0.464. The van der Waals surface area contributed by atoms with Crippen LogP contribution in [0.1, 0.15) is 0 Å². The van der Waals surface area contributed by atoms with Crippen LogP contribution in [0.4, 0.5) is 0 Å². The van der Waals surface area contributed by atoms with Gasteiger partial charge in [0.2, 0.25) is 0 Å². The van der Waals surface area contributed by atoms with E-state index in [2.05, 4.69) is 0 Å². The molecule has 0 spiro atoms. The van der Waals surface area contributed by atoms with Crippen molar-refractivity contribution in [1.82, 2.24) is 0 Å². The topological polar surface area (TPSA) is 29.5 Å². The molecule has 0 bridgehead atoms. The van der Waals surface area contributed by atoms with Gasteiger partial charge in [-0.1, -0.05) is 29.8 Å². The number of hydrogen-bond donors (Lipinski definition) is 1. The largest absolute Gasteiger partial charge is 0.508 e. The van der Waals surface area contributed by atoms with Crippen LogP contribution in [-0.2, 0) is 0 Å². The lowest BCUT2D eigenvalue weighted by atomic mass is 10.3. The zero-order valence-corrected chi connectivity index (χ0v) is 8.61. The van der Waals surface area contributed by atoms with Gasteiger partial charge in [-0.3, -0.25) is 0 Å². The van der Waals surface area contributed by atoms with E-state index in [1.807, 2.05) is 30.3 Å². The minimum Gasteiger partial charge on any atom is -0.508 e. The van der Waals surface area contributed by atoms with Gasteiger partial charge in [-0.2, -0.15) is 0 Å². The molecule has 0 amide bonds. The first-order chi connectivity index (χ1) is 7.25. The SMILES string of the molecule is Oc1ccc(Oc2ccccc2)c(Cl)c1. The van der Waals surface area contributed by atoms with Crippen molar-refractivity contribution >= 4 is 11.6 Å². The summed E-state index contributed by atoms with van der Waals surface area (Å²) in [6.07, 6.45) is 0. The van der Waals surface area contributed by atoms with Crippen LogP contribution in [0.15, 0.2) is 48.5 Å². The summed E-state index contributed by atoms with van der Waals surface area (Å²) in [7, 11) is 0. The zero-order chi connectivity index (χ0) is 10.7. The van der Waals surface area contributed by atoms with Crippen molar-refractivity contribution in [3.8, 4) is 17.2 Å². The summed E-state index contributed by atoms with van der Waals surface area (Å²) in [5, 5.41) is 9.55. The third-order valence-corrected chi connectivity index (χ3v) is 2.18. The van der Waals surface area contributed by atoms with E-state index in [0.717, 1.165) is 0 Å². The smallest absolute Gasteiger partial charge is 0.146 e. The lowest BCUT2D eigenvalue weighted by Crippen LogP contribution is -1.84. The monoisotopic (exact) mass is 220 g/mol. The van der Waals surface area contributed by atoms with E-state index >= 15 is 0 Å². The highest BCUT2D eigenvalue weighted by Crippen LogP contribution is 2.31. The molecule has 0 fully saturated rings. The normalized spacial score (nSPS) is 9.93. The summed E-state index contributed by atoms with van der Waals surface area (Å²) in [6.45, 7) is 0. The summed E-state index contributed by atoms with van der Waals surface area (Å²) in [5.41, 5.74) is 0. The van der Waals surface area contributed by atoms with Crippen molar-refractivity contribution in [2.75, 3.05) is 0 Å². The first kappa shape index (κ1) is 9.87.